The molecule has 2 rings (SSSR count). The molecule has 1 aliphatic carbocycles. The number of aryl methyl sites for hydroxylation is 1. The van der Waals surface area contributed by atoms with E-state index in [0.717, 1.165) is 19.3 Å². The highest BCUT2D eigenvalue weighted by molar-refractivity contribution is 5.38. The Morgan fingerprint density at radius 3 is 2.93 bits per heavy atom. The molecule has 0 saturated carbocycles. The number of rotatable bonds is 3. The first kappa shape index (κ1) is 9.72. The van der Waals surface area contributed by atoms with Crippen LogP contribution < -0.4 is 5.73 Å². The molecule has 1 nitrogen and oxygen atoms in total. The Hall–Kier alpha value is -0.820. The number of fused-ring (bicyclic) bond motifs is 1. The predicted octanol–water partition coefficient (Wildman–Crippen LogP) is 2.98. The van der Waals surface area contributed by atoms with Gasteiger partial charge in [0.1, 0.15) is 0 Å². The lowest BCUT2D eigenvalue weighted by Crippen LogP contribution is -2.33. The molecule has 0 amide bonds. The van der Waals surface area contributed by atoms with Crippen LogP contribution in [0.5, 0.6) is 0 Å². The molecule has 2 N–H and O–H groups in total. The van der Waals surface area contributed by atoms with E-state index in [1.165, 1.54) is 24.0 Å². The molecule has 1 aromatic rings. The number of hydrogen-bond acceptors (Lipinski definition) is 1. The summed E-state index contributed by atoms with van der Waals surface area (Å²) in [7, 11) is 0. The fourth-order valence-electron chi connectivity index (χ4n) is 2.47. The van der Waals surface area contributed by atoms with Crippen molar-refractivity contribution in [3.63, 3.8) is 0 Å². The predicted molar refractivity (Wildman–Crippen MR) is 60.2 cm³/mol. The molecule has 0 heterocycles. The average molecular weight is 189 g/mol. The summed E-state index contributed by atoms with van der Waals surface area (Å²) in [6, 6.07) is 8.65. The quantitative estimate of drug-likeness (QED) is 0.777. The minimum absolute atomic E-state index is 0.0212. The highest BCUT2D eigenvalue weighted by Gasteiger charge is 2.33. The second kappa shape index (κ2) is 3.74. The van der Waals surface area contributed by atoms with Gasteiger partial charge in [-0.15, -0.1) is 0 Å². The molecule has 0 aromatic heterocycles. The average Bonchev–Trinajstić information content (AvgIpc) is 2.55. The largest absolute Gasteiger partial charge is 0.321 e. The van der Waals surface area contributed by atoms with Crippen LogP contribution in [-0.4, -0.2) is 0 Å². The first-order chi connectivity index (χ1) is 6.76. The van der Waals surface area contributed by atoms with Crippen molar-refractivity contribution < 1.29 is 0 Å². The summed E-state index contributed by atoms with van der Waals surface area (Å²) >= 11 is 0. The van der Waals surface area contributed by atoms with Gasteiger partial charge in [-0.05, 0) is 30.4 Å². The fourth-order valence-corrected chi connectivity index (χ4v) is 2.47. The number of nitrogens with two attached hydrogens (primary N) is 1. The normalized spacial score (nSPS) is 25.0. The van der Waals surface area contributed by atoms with Crippen LogP contribution in [-0.2, 0) is 12.0 Å². The van der Waals surface area contributed by atoms with Crippen LogP contribution in [0.3, 0.4) is 0 Å². The highest BCUT2D eigenvalue weighted by atomic mass is 14.8. The summed E-state index contributed by atoms with van der Waals surface area (Å²) in [6.07, 6.45) is 5.91. The maximum absolute atomic E-state index is 6.46. The van der Waals surface area contributed by atoms with Crippen LogP contribution in [0.4, 0.5) is 0 Å². The zero-order valence-electron chi connectivity index (χ0n) is 8.92. The summed E-state index contributed by atoms with van der Waals surface area (Å²) in [5, 5.41) is 0. The molecule has 1 aromatic carbocycles. The lowest BCUT2D eigenvalue weighted by molar-refractivity contribution is 0.392. The van der Waals surface area contributed by atoms with E-state index < -0.39 is 0 Å². The van der Waals surface area contributed by atoms with Gasteiger partial charge in [0.15, 0.2) is 0 Å². The van der Waals surface area contributed by atoms with Crippen LogP contribution in [0.15, 0.2) is 24.3 Å². The molecule has 0 spiro atoms. The summed E-state index contributed by atoms with van der Waals surface area (Å²) in [5.74, 6) is 0. The zero-order chi connectivity index (χ0) is 10.0. The van der Waals surface area contributed by atoms with Gasteiger partial charge in [-0.25, -0.2) is 0 Å². The van der Waals surface area contributed by atoms with Gasteiger partial charge in [0.05, 0.1) is 0 Å². The molecule has 1 heteroatoms. The maximum Gasteiger partial charge on any atom is 0.0415 e. The standard InChI is InChI=1S/C13H19N/c1-2-3-9-13(14)10-8-11-6-4-5-7-12(11)13/h4-7H,2-3,8-10,14H2,1H3. The van der Waals surface area contributed by atoms with E-state index in [4.69, 9.17) is 5.73 Å². The lowest BCUT2D eigenvalue weighted by atomic mass is 9.88. The molecule has 76 valence electrons. The molecule has 1 atom stereocenters. The highest BCUT2D eigenvalue weighted by Crippen LogP contribution is 2.38. The number of unbranched alkanes of at least 4 members (excludes halogenated alkanes) is 1. The van der Waals surface area contributed by atoms with Crippen molar-refractivity contribution in [1.82, 2.24) is 0 Å². The lowest BCUT2D eigenvalue weighted by Gasteiger charge is -2.25. The zero-order valence-corrected chi connectivity index (χ0v) is 8.92. The Bertz CT molecular complexity index is 319. The van der Waals surface area contributed by atoms with E-state index >= 15 is 0 Å². The summed E-state index contributed by atoms with van der Waals surface area (Å²) < 4.78 is 0. The minimum Gasteiger partial charge on any atom is -0.321 e. The van der Waals surface area contributed by atoms with Crippen LogP contribution >= 0.6 is 0 Å². The van der Waals surface area contributed by atoms with E-state index in [9.17, 15) is 0 Å². The topological polar surface area (TPSA) is 26.0 Å². The van der Waals surface area contributed by atoms with Gasteiger partial charge >= 0.3 is 0 Å². The molecule has 1 unspecified atom stereocenters. The van der Waals surface area contributed by atoms with Crippen molar-refractivity contribution in [2.45, 2.75) is 44.6 Å². The molecule has 0 radical (unpaired) electrons. The first-order valence-corrected chi connectivity index (χ1v) is 5.63. The van der Waals surface area contributed by atoms with Gasteiger partial charge in [-0.2, -0.15) is 0 Å². The van der Waals surface area contributed by atoms with E-state index in [-0.39, 0.29) is 5.54 Å². The molecule has 0 fully saturated rings. The Morgan fingerprint density at radius 1 is 1.36 bits per heavy atom. The van der Waals surface area contributed by atoms with Crippen LogP contribution in [0.2, 0.25) is 0 Å². The van der Waals surface area contributed by atoms with Crippen molar-refractivity contribution in [2.24, 2.45) is 5.73 Å². The smallest absolute Gasteiger partial charge is 0.0415 e. The van der Waals surface area contributed by atoms with Crippen LogP contribution in [0, 0.1) is 0 Å². The van der Waals surface area contributed by atoms with E-state index in [2.05, 4.69) is 31.2 Å². The Labute approximate surface area is 86.3 Å². The Morgan fingerprint density at radius 2 is 2.14 bits per heavy atom. The SMILES string of the molecule is CCCCC1(N)CCc2ccccc21. The van der Waals surface area contributed by atoms with Gasteiger partial charge in [0.25, 0.3) is 0 Å². The van der Waals surface area contributed by atoms with Crippen LogP contribution in [0.25, 0.3) is 0 Å². The Balaban J connectivity index is 2.23. The monoisotopic (exact) mass is 189 g/mol. The summed E-state index contributed by atoms with van der Waals surface area (Å²) in [5.41, 5.74) is 9.30. The fraction of sp³-hybridized carbons (Fsp3) is 0.538. The van der Waals surface area contributed by atoms with Crippen molar-refractivity contribution in [1.29, 1.82) is 0 Å². The van der Waals surface area contributed by atoms with Crippen molar-refractivity contribution in [3.05, 3.63) is 35.4 Å². The van der Waals surface area contributed by atoms with Gasteiger partial charge in [-0.1, -0.05) is 44.0 Å². The third kappa shape index (κ3) is 1.57. The second-order valence-corrected chi connectivity index (χ2v) is 4.42. The molecular formula is C13H19N. The Kier molecular flexibility index (Phi) is 2.60. The minimum atomic E-state index is -0.0212. The number of hydrogen-bond donors (Lipinski definition) is 1. The molecule has 0 saturated heterocycles. The molecule has 1 aliphatic rings. The van der Waals surface area contributed by atoms with E-state index in [1.54, 1.807) is 0 Å². The van der Waals surface area contributed by atoms with Gasteiger partial charge in [0, 0.05) is 5.54 Å². The van der Waals surface area contributed by atoms with Gasteiger partial charge in [0.2, 0.25) is 0 Å². The van der Waals surface area contributed by atoms with Gasteiger partial charge < -0.3 is 5.73 Å². The van der Waals surface area contributed by atoms with Crippen LogP contribution in [0.1, 0.15) is 43.7 Å². The molecular weight excluding hydrogens is 170 g/mol. The summed E-state index contributed by atoms with van der Waals surface area (Å²) in [4.78, 5) is 0. The molecule has 14 heavy (non-hydrogen) atoms. The third-order valence-corrected chi connectivity index (χ3v) is 3.37. The summed E-state index contributed by atoms with van der Waals surface area (Å²) in [6.45, 7) is 2.23. The third-order valence-electron chi connectivity index (χ3n) is 3.37. The van der Waals surface area contributed by atoms with Gasteiger partial charge in [-0.3, -0.25) is 0 Å². The molecule has 0 aliphatic heterocycles. The van der Waals surface area contributed by atoms with Crippen molar-refractivity contribution >= 4 is 0 Å². The number of benzene rings is 1. The maximum atomic E-state index is 6.46. The van der Waals surface area contributed by atoms with E-state index in [0.29, 0.717) is 0 Å². The first-order valence-electron chi connectivity index (χ1n) is 5.63. The van der Waals surface area contributed by atoms with Crippen molar-refractivity contribution in [3.8, 4) is 0 Å². The molecule has 0 bridgehead atoms. The van der Waals surface area contributed by atoms with Crippen molar-refractivity contribution in [2.75, 3.05) is 0 Å². The van der Waals surface area contributed by atoms with E-state index in [1.807, 2.05) is 0 Å². The second-order valence-electron chi connectivity index (χ2n) is 4.42.